The number of aliphatic hydroxyl groups is 1. The molecule has 0 radical (unpaired) electrons. The Kier molecular flexibility index (Phi) is 3.81. The normalized spacial score (nSPS) is 33.9. The van der Waals surface area contributed by atoms with Crippen LogP contribution in [-0.4, -0.2) is 36.8 Å². The molecule has 1 saturated carbocycles. The van der Waals surface area contributed by atoms with Crippen LogP contribution in [0, 0.1) is 17.8 Å². The molecule has 0 heterocycles. The summed E-state index contributed by atoms with van der Waals surface area (Å²) in [7, 11) is 2.18. The van der Waals surface area contributed by atoms with Crippen molar-refractivity contribution in [3.8, 4) is 0 Å². The predicted molar refractivity (Wildman–Crippen MR) is 62.7 cm³/mol. The van der Waals surface area contributed by atoms with Crippen LogP contribution in [0.1, 0.15) is 25.7 Å². The van der Waals surface area contributed by atoms with Crippen molar-refractivity contribution in [2.45, 2.75) is 25.7 Å². The van der Waals surface area contributed by atoms with Crippen molar-refractivity contribution in [3.63, 3.8) is 0 Å². The first-order valence-corrected chi connectivity index (χ1v) is 6.27. The van der Waals surface area contributed by atoms with E-state index in [0.717, 1.165) is 30.7 Å². The van der Waals surface area contributed by atoms with Gasteiger partial charge in [-0.25, -0.2) is 0 Å². The molecule has 3 aliphatic carbocycles. The molecule has 3 aliphatic rings. The van der Waals surface area contributed by atoms with Gasteiger partial charge in [0.1, 0.15) is 0 Å². The maximum atomic E-state index is 8.79. The van der Waals surface area contributed by atoms with Gasteiger partial charge in [0.15, 0.2) is 0 Å². The standard InChI is InChI=1S/C13H23NO/c1-14(7-2-8-15)10-13-9-11-3-5-12(13)6-4-11/h3,5,11-13,15H,2,4,6-10H2,1H3/t11-,12+,13+/m1/s1. The highest BCUT2D eigenvalue weighted by Crippen LogP contribution is 2.40. The molecule has 3 atom stereocenters. The van der Waals surface area contributed by atoms with Gasteiger partial charge in [0.05, 0.1) is 0 Å². The first-order chi connectivity index (χ1) is 7.29. The minimum absolute atomic E-state index is 0.320. The molecule has 0 aromatic heterocycles. The molecular weight excluding hydrogens is 186 g/mol. The van der Waals surface area contributed by atoms with Crippen molar-refractivity contribution < 1.29 is 5.11 Å². The van der Waals surface area contributed by atoms with E-state index in [4.69, 9.17) is 5.11 Å². The lowest BCUT2D eigenvalue weighted by atomic mass is 9.69. The summed E-state index contributed by atoms with van der Waals surface area (Å²) in [6, 6.07) is 0. The highest BCUT2D eigenvalue weighted by molar-refractivity contribution is 5.06. The van der Waals surface area contributed by atoms with Crippen LogP contribution in [0.25, 0.3) is 0 Å². The zero-order valence-electron chi connectivity index (χ0n) is 9.73. The van der Waals surface area contributed by atoms with E-state index < -0.39 is 0 Å². The van der Waals surface area contributed by atoms with E-state index in [1.165, 1.54) is 25.8 Å². The van der Waals surface area contributed by atoms with Gasteiger partial charge in [-0.15, -0.1) is 0 Å². The fraction of sp³-hybridized carbons (Fsp3) is 0.846. The van der Waals surface area contributed by atoms with Gasteiger partial charge >= 0.3 is 0 Å². The topological polar surface area (TPSA) is 23.5 Å². The fourth-order valence-corrected chi connectivity index (χ4v) is 3.09. The Balaban J connectivity index is 1.78. The molecule has 86 valence electrons. The second-order valence-corrected chi connectivity index (χ2v) is 5.22. The van der Waals surface area contributed by atoms with E-state index in [-0.39, 0.29) is 0 Å². The van der Waals surface area contributed by atoms with Crippen LogP contribution in [0.2, 0.25) is 0 Å². The summed E-state index contributed by atoms with van der Waals surface area (Å²) in [5, 5.41) is 8.79. The van der Waals surface area contributed by atoms with E-state index >= 15 is 0 Å². The van der Waals surface area contributed by atoms with Crippen molar-refractivity contribution in [2.75, 3.05) is 26.7 Å². The van der Waals surface area contributed by atoms with Gasteiger partial charge in [-0.3, -0.25) is 0 Å². The number of hydrogen-bond acceptors (Lipinski definition) is 2. The van der Waals surface area contributed by atoms with Crippen molar-refractivity contribution in [2.24, 2.45) is 17.8 Å². The Morgan fingerprint density at radius 1 is 1.33 bits per heavy atom. The van der Waals surface area contributed by atoms with Crippen LogP contribution in [0.4, 0.5) is 0 Å². The Morgan fingerprint density at radius 3 is 2.73 bits per heavy atom. The van der Waals surface area contributed by atoms with Crippen LogP contribution in [0.5, 0.6) is 0 Å². The number of hydrogen-bond donors (Lipinski definition) is 1. The van der Waals surface area contributed by atoms with Gasteiger partial charge in [0, 0.05) is 19.7 Å². The predicted octanol–water partition coefficient (Wildman–Crippen LogP) is 1.90. The van der Waals surface area contributed by atoms with E-state index in [2.05, 4.69) is 24.1 Å². The Labute approximate surface area is 93.0 Å². The zero-order valence-corrected chi connectivity index (χ0v) is 9.73. The molecule has 0 aliphatic heterocycles. The molecule has 0 spiro atoms. The molecule has 0 saturated heterocycles. The number of rotatable bonds is 5. The summed E-state index contributed by atoms with van der Waals surface area (Å²) in [6.07, 6.45) is 10.00. The third-order valence-corrected chi connectivity index (χ3v) is 3.96. The SMILES string of the molecule is CN(CCCO)C[C@@H]1C[C@@H]2C=C[C@H]1CC2. The number of nitrogens with zero attached hydrogens (tertiary/aromatic N) is 1. The molecule has 0 amide bonds. The largest absolute Gasteiger partial charge is 0.396 e. The second-order valence-electron chi connectivity index (χ2n) is 5.22. The molecule has 2 bridgehead atoms. The van der Waals surface area contributed by atoms with Gasteiger partial charge < -0.3 is 10.0 Å². The molecule has 3 rings (SSSR count). The average molecular weight is 209 g/mol. The summed E-state index contributed by atoms with van der Waals surface area (Å²) in [6.45, 7) is 2.57. The first kappa shape index (κ1) is 11.2. The van der Waals surface area contributed by atoms with E-state index in [0.29, 0.717) is 6.61 Å². The van der Waals surface area contributed by atoms with Crippen molar-refractivity contribution in [1.29, 1.82) is 0 Å². The van der Waals surface area contributed by atoms with Crippen LogP contribution in [-0.2, 0) is 0 Å². The van der Waals surface area contributed by atoms with Gasteiger partial charge in [-0.05, 0) is 50.5 Å². The second kappa shape index (κ2) is 5.13. The Morgan fingerprint density at radius 2 is 2.20 bits per heavy atom. The third-order valence-electron chi connectivity index (χ3n) is 3.96. The highest BCUT2D eigenvalue weighted by atomic mass is 16.3. The minimum atomic E-state index is 0.320. The van der Waals surface area contributed by atoms with E-state index in [1.807, 2.05) is 0 Å². The molecule has 2 heteroatoms. The maximum absolute atomic E-state index is 8.79. The number of aliphatic hydroxyl groups excluding tert-OH is 1. The molecule has 2 nitrogen and oxygen atoms in total. The lowest BCUT2D eigenvalue weighted by molar-refractivity contribution is 0.154. The van der Waals surface area contributed by atoms with Crippen molar-refractivity contribution in [3.05, 3.63) is 12.2 Å². The zero-order chi connectivity index (χ0) is 10.7. The summed E-state index contributed by atoms with van der Waals surface area (Å²) < 4.78 is 0. The van der Waals surface area contributed by atoms with E-state index in [1.54, 1.807) is 0 Å². The summed E-state index contributed by atoms with van der Waals surface area (Å²) in [5.41, 5.74) is 0. The fourth-order valence-electron chi connectivity index (χ4n) is 3.09. The highest BCUT2D eigenvalue weighted by Gasteiger charge is 2.31. The van der Waals surface area contributed by atoms with Crippen molar-refractivity contribution in [1.82, 2.24) is 4.90 Å². The lowest BCUT2D eigenvalue weighted by Gasteiger charge is -2.39. The minimum Gasteiger partial charge on any atom is -0.396 e. The van der Waals surface area contributed by atoms with Crippen molar-refractivity contribution >= 4 is 0 Å². The van der Waals surface area contributed by atoms with Gasteiger partial charge in [0.25, 0.3) is 0 Å². The van der Waals surface area contributed by atoms with Crippen LogP contribution >= 0.6 is 0 Å². The monoisotopic (exact) mass is 209 g/mol. The average Bonchev–Trinajstić information content (AvgIpc) is 2.28. The molecule has 0 aromatic rings. The number of allylic oxidation sites excluding steroid dienone is 2. The molecular formula is C13H23NO. The Bertz CT molecular complexity index is 227. The van der Waals surface area contributed by atoms with Crippen LogP contribution < -0.4 is 0 Å². The quantitative estimate of drug-likeness (QED) is 0.699. The van der Waals surface area contributed by atoms with Gasteiger partial charge in [0.2, 0.25) is 0 Å². The lowest BCUT2D eigenvalue weighted by Crippen LogP contribution is -2.36. The molecule has 1 N–H and O–H groups in total. The molecule has 0 unspecified atom stereocenters. The summed E-state index contributed by atoms with van der Waals surface area (Å²) in [4.78, 5) is 2.38. The molecule has 1 fully saturated rings. The maximum Gasteiger partial charge on any atom is 0.0443 e. The van der Waals surface area contributed by atoms with Gasteiger partial charge in [-0.2, -0.15) is 0 Å². The van der Waals surface area contributed by atoms with Crippen LogP contribution in [0.3, 0.4) is 0 Å². The smallest absolute Gasteiger partial charge is 0.0443 e. The van der Waals surface area contributed by atoms with Crippen LogP contribution in [0.15, 0.2) is 12.2 Å². The van der Waals surface area contributed by atoms with E-state index in [9.17, 15) is 0 Å². The Hall–Kier alpha value is -0.340. The first-order valence-electron chi connectivity index (χ1n) is 6.27. The number of fused-ring (bicyclic) bond motifs is 2. The summed E-state index contributed by atoms with van der Waals surface area (Å²) in [5.74, 6) is 2.58. The summed E-state index contributed by atoms with van der Waals surface area (Å²) >= 11 is 0. The molecule has 0 aromatic carbocycles. The molecule has 15 heavy (non-hydrogen) atoms. The third kappa shape index (κ3) is 2.82. The van der Waals surface area contributed by atoms with Gasteiger partial charge in [-0.1, -0.05) is 12.2 Å².